The van der Waals surface area contributed by atoms with Crippen molar-refractivity contribution in [2.45, 2.75) is 6.42 Å². The number of nitrogens with zero attached hydrogens (tertiary/aromatic N) is 1. The van der Waals surface area contributed by atoms with E-state index in [2.05, 4.69) is 0 Å². The van der Waals surface area contributed by atoms with Crippen LogP contribution < -0.4 is 5.73 Å². The van der Waals surface area contributed by atoms with Gasteiger partial charge in [0.25, 0.3) is 0 Å². The Morgan fingerprint density at radius 1 is 1.55 bits per heavy atom. The summed E-state index contributed by atoms with van der Waals surface area (Å²) in [5.41, 5.74) is 6.93. The quantitative estimate of drug-likeness (QED) is 0.649. The summed E-state index contributed by atoms with van der Waals surface area (Å²) < 4.78 is 0. The number of nitriles is 1. The summed E-state index contributed by atoms with van der Waals surface area (Å²) in [7, 11) is 0. The second-order valence-corrected chi connectivity index (χ2v) is 2.60. The molecule has 0 aliphatic heterocycles. The first-order valence-corrected chi connectivity index (χ1v) is 3.52. The topological polar surface area (TPSA) is 49.8 Å². The van der Waals surface area contributed by atoms with E-state index in [9.17, 15) is 0 Å². The molecule has 0 atom stereocenters. The summed E-state index contributed by atoms with van der Waals surface area (Å²) >= 11 is 5.67. The third-order valence-corrected chi connectivity index (χ3v) is 1.69. The van der Waals surface area contributed by atoms with E-state index >= 15 is 0 Å². The van der Waals surface area contributed by atoms with E-state index in [-0.39, 0.29) is 0 Å². The highest BCUT2D eigenvalue weighted by Gasteiger charge is 1.96. The van der Waals surface area contributed by atoms with E-state index in [0.717, 1.165) is 5.56 Å². The van der Waals surface area contributed by atoms with E-state index in [1.807, 2.05) is 6.07 Å². The van der Waals surface area contributed by atoms with Gasteiger partial charge in [-0.2, -0.15) is 5.26 Å². The highest BCUT2D eigenvalue weighted by Crippen LogP contribution is 2.19. The van der Waals surface area contributed by atoms with Crippen molar-refractivity contribution in [3.05, 3.63) is 28.8 Å². The van der Waals surface area contributed by atoms with Gasteiger partial charge in [-0.05, 0) is 17.7 Å². The molecule has 0 heterocycles. The summed E-state index contributed by atoms with van der Waals surface area (Å²) in [4.78, 5) is 0. The smallest absolute Gasteiger partial charge is 0.0669 e. The monoisotopic (exact) mass is 166 g/mol. The predicted octanol–water partition coefficient (Wildman–Crippen LogP) is 1.99. The van der Waals surface area contributed by atoms with Gasteiger partial charge in [-0.25, -0.2) is 0 Å². The van der Waals surface area contributed by atoms with Gasteiger partial charge >= 0.3 is 0 Å². The zero-order chi connectivity index (χ0) is 8.27. The Morgan fingerprint density at radius 3 is 2.82 bits per heavy atom. The number of rotatable bonds is 1. The van der Waals surface area contributed by atoms with Gasteiger partial charge in [-0.3, -0.25) is 0 Å². The zero-order valence-corrected chi connectivity index (χ0v) is 6.60. The van der Waals surface area contributed by atoms with Gasteiger partial charge in [-0.1, -0.05) is 17.7 Å². The molecule has 2 nitrogen and oxygen atoms in total. The minimum atomic E-state index is 0.376. The fraction of sp³-hybridized carbons (Fsp3) is 0.125. The van der Waals surface area contributed by atoms with Crippen LogP contribution in [0.4, 0.5) is 5.69 Å². The lowest BCUT2D eigenvalue weighted by Gasteiger charge is -1.98. The van der Waals surface area contributed by atoms with Crippen LogP contribution in [-0.2, 0) is 6.42 Å². The number of nitrogens with two attached hydrogens (primary N) is 1. The Kier molecular flexibility index (Phi) is 2.35. The third-order valence-electron chi connectivity index (χ3n) is 1.34. The van der Waals surface area contributed by atoms with Gasteiger partial charge in [0.1, 0.15) is 0 Å². The molecule has 0 fully saturated rings. The van der Waals surface area contributed by atoms with Crippen LogP contribution in [0.1, 0.15) is 5.56 Å². The van der Waals surface area contributed by atoms with Crippen LogP contribution in [0.5, 0.6) is 0 Å². The van der Waals surface area contributed by atoms with E-state index in [0.29, 0.717) is 17.1 Å². The van der Waals surface area contributed by atoms with Crippen LogP contribution in [-0.4, -0.2) is 0 Å². The van der Waals surface area contributed by atoms with E-state index < -0.39 is 0 Å². The lowest BCUT2D eigenvalue weighted by Crippen LogP contribution is -1.88. The van der Waals surface area contributed by atoms with Crippen LogP contribution in [0.25, 0.3) is 0 Å². The fourth-order valence-corrected chi connectivity index (χ4v) is 0.912. The molecular weight excluding hydrogens is 160 g/mol. The van der Waals surface area contributed by atoms with Gasteiger partial charge in [0.15, 0.2) is 0 Å². The van der Waals surface area contributed by atoms with Gasteiger partial charge in [0, 0.05) is 0 Å². The predicted molar refractivity (Wildman–Crippen MR) is 45.2 cm³/mol. The SMILES string of the molecule is N#CCc1ccc(Cl)c(N)c1. The van der Waals surface area contributed by atoms with Crippen molar-refractivity contribution in [3.63, 3.8) is 0 Å². The van der Waals surface area contributed by atoms with Crippen molar-refractivity contribution >= 4 is 17.3 Å². The maximum absolute atomic E-state index is 8.36. The average molecular weight is 167 g/mol. The molecule has 0 saturated carbocycles. The van der Waals surface area contributed by atoms with Crippen LogP contribution >= 0.6 is 11.6 Å². The molecule has 11 heavy (non-hydrogen) atoms. The number of anilines is 1. The van der Waals surface area contributed by atoms with Crippen LogP contribution in [0.2, 0.25) is 5.02 Å². The van der Waals surface area contributed by atoms with Crippen LogP contribution in [0, 0.1) is 11.3 Å². The normalized spacial score (nSPS) is 9.09. The van der Waals surface area contributed by atoms with Gasteiger partial charge in [-0.15, -0.1) is 0 Å². The Morgan fingerprint density at radius 2 is 2.27 bits per heavy atom. The second kappa shape index (κ2) is 3.27. The largest absolute Gasteiger partial charge is 0.398 e. The Labute approximate surface area is 70.2 Å². The summed E-state index contributed by atoms with van der Waals surface area (Å²) in [6.45, 7) is 0. The third kappa shape index (κ3) is 1.86. The summed E-state index contributed by atoms with van der Waals surface area (Å²) in [5.74, 6) is 0. The molecule has 0 unspecified atom stereocenters. The molecule has 0 aliphatic carbocycles. The van der Waals surface area contributed by atoms with E-state index in [1.54, 1.807) is 18.2 Å². The standard InChI is InChI=1S/C8H7ClN2/c9-7-2-1-6(3-4-10)5-8(7)11/h1-2,5H,3,11H2. The molecule has 0 radical (unpaired) electrons. The number of benzene rings is 1. The van der Waals surface area contributed by atoms with Crippen molar-refractivity contribution in [1.82, 2.24) is 0 Å². The summed E-state index contributed by atoms with van der Waals surface area (Å²) in [6, 6.07) is 7.24. The zero-order valence-electron chi connectivity index (χ0n) is 5.84. The van der Waals surface area contributed by atoms with Gasteiger partial charge < -0.3 is 5.73 Å². The summed E-state index contributed by atoms with van der Waals surface area (Å²) in [6.07, 6.45) is 0.376. The lowest BCUT2D eigenvalue weighted by atomic mass is 10.1. The number of nitrogen functional groups attached to an aromatic ring is 1. The first-order chi connectivity index (χ1) is 5.24. The molecule has 56 valence electrons. The molecule has 0 aromatic heterocycles. The molecule has 3 heteroatoms. The average Bonchev–Trinajstić information content (AvgIpc) is 1.98. The second-order valence-electron chi connectivity index (χ2n) is 2.19. The molecule has 0 bridgehead atoms. The molecular formula is C8H7ClN2. The number of hydrogen-bond acceptors (Lipinski definition) is 2. The highest BCUT2D eigenvalue weighted by atomic mass is 35.5. The van der Waals surface area contributed by atoms with Crippen LogP contribution in [0.3, 0.4) is 0 Å². The highest BCUT2D eigenvalue weighted by molar-refractivity contribution is 6.33. The molecule has 0 amide bonds. The minimum absolute atomic E-state index is 0.376. The maximum atomic E-state index is 8.36. The van der Waals surface area contributed by atoms with Crippen molar-refractivity contribution in [2.75, 3.05) is 5.73 Å². The number of halogens is 1. The van der Waals surface area contributed by atoms with E-state index in [4.69, 9.17) is 22.6 Å². The van der Waals surface area contributed by atoms with Crippen molar-refractivity contribution in [2.24, 2.45) is 0 Å². The van der Waals surface area contributed by atoms with Crippen LogP contribution in [0.15, 0.2) is 18.2 Å². The first kappa shape index (κ1) is 7.90. The molecule has 2 N–H and O–H groups in total. The first-order valence-electron chi connectivity index (χ1n) is 3.15. The van der Waals surface area contributed by atoms with Crippen molar-refractivity contribution in [1.29, 1.82) is 5.26 Å². The van der Waals surface area contributed by atoms with Gasteiger partial charge in [0.2, 0.25) is 0 Å². The van der Waals surface area contributed by atoms with Crippen molar-refractivity contribution in [3.8, 4) is 6.07 Å². The summed E-state index contributed by atoms with van der Waals surface area (Å²) in [5, 5.41) is 8.89. The van der Waals surface area contributed by atoms with E-state index in [1.165, 1.54) is 0 Å². The molecule has 0 spiro atoms. The maximum Gasteiger partial charge on any atom is 0.0669 e. The molecule has 1 aromatic carbocycles. The lowest BCUT2D eigenvalue weighted by molar-refractivity contribution is 1.26. The number of hydrogen-bond donors (Lipinski definition) is 1. The molecule has 1 rings (SSSR count). The Balaban J connectivity index is 2.98. The van der Waals surface area contributed by atoms with Gasteiger partial charge in [0.05, 0.1) is 23.2 Å². The Bertz CT molecular complexity index is 301. The molecule has 1 aromatic rings. The molecule has 0 saturated heterocycles. The minimum Gasteiger partial charge on any atom is -0.398 e. The van der Waals surface area contributed by atoms with Crippen molar-refractivity contribution < 1.29 is 0 Å². The molecule has 0 aliphatic rings. The Hall–Kier alpha value is -1.20. The fourth-order valence-electron chi connectivity index (χ4n) is 0.794.